The van der Waals surface area contributed by atoms with Gasteiger partial charge in [0.25, 0.3) is 5.91 Å². The van der Waals surface area contributed by atoms with Gasteiger partial charge in [0.1, 0.15) is 24.0 Å². The van der Waals surface area contributed by atoms with Crippen molar-refractivity contribution in [3.8, 4) is 5.75 Å². The molecule has 0 saturated carbocycles. The third-order valence-corrected chi connectivity index (χ3v) is 4.42. The first-order valence-corrected chi connectivity index (χ1v) is 8.93. The molecule has 1 fully saturated rings. The monoisotopic (exact) mass is 348 g/mol. The van der Waals surface area contributed by atoms with E-state index >= 15 is 0 Å². The molecule has 0 bridgehead atoms. The van der Waals surface area contributed by atoms with Crippen molar-refractivity contribution in [1.29, 1.82) is 0 Å². The van der Waals surface area contributed by atoms with Crippen molar-refractivity contribution in [3.63, 3.8) is 0 Å². The van der Waals surface area contributed by atoms with E-state index in [1.807, 2.05) is 39.0 Å². The number of benzene rings is 1. The molecule has 6 heteroatoms. The van der Waals surface area contributed by atoms with Gasteiger partial charge in [-0.15, -0.1) is 0 Å². The summed E-state index contributed by atoms with van der Waals surface area (Å²) in [6.45, 7) is 5.90. The van der Waals surface area contributed by atoms with Crippen LogP contribution < -0.4 is 10.1 Å². The first-order valence-electron chi connectivity index (χ1n) is 8.93. The van der Waals surface area contributed by atoms with E-state index < -0.39 is 17.7 Å². The van der Waals surface area contributed by atoms with E-state index in [1.165, 1.54) is 0 Å². The number of imide groups is 1. The molecule has 1 heterocycles. The number of carbonyl (C=O) groups excluding carboxylic acids is 2. The first kappa shape index (κ1) is 19.2. The summed E-state index contributed by atoms with van der Waals surface area (Å²) in [5.74, 6) is 0.415. The molecule has 1 aromatic rings. The Morgan fingerprint density at radius 3 is 2.52 bits per heavy atom. The van der Waals surface area contributed by atoms with E-state index in [-0.39, 0.29) is 19.1 Å². The molecule has 1 aliphatic heterocycles. The molecular formula is C19H28N2O4. The second kappa shape index (κ2) is 8.34. The molecule has 2 N–H and O–H groups in total. The largest absolute Gasteiger partial charge is 0.491 e. The lowest BCUT2D eigenvalue weighted by molar-refractivity contribution is -0.133. The average molecular weight is 348 g/mol. The third kappa shape index (κ3) is 4.51. The maximum Gasteiger partial charge on any atom is 0.325 e. The lowest BCUT2D eigenvalue weighted by Crippen LogP contribution is -2.47. The minimum Gasteiger partial charge on any atom is -0.491 e. The SMILES string of the molecule is CCCC1(CCC)NC(=O)N(CC(O)COc2cccc(C)c2)C1=O. The van der Waals surface area contributed by atoms with Crippen molar-refractivity contribution in [1.82, 2.24) is 10.2 Å². The molecule has 1 saturated heterocycles. The smallest absolute Gasteiger partial charge is 0.325 e. The summed E-state index contributed by atoms with van der Waals surface area (Å²) in [6.07, 6.45) is 1.89. The second-order valence-corrected chi connectivity index (χ2v) is 6.71. The van der Waals surface area contributed by atoms with Crippen LogP contribution in [0, 0.1) is 6.92 Å². The Bertz CT molecular complexity index is 611. The van der Waals surface area contributed by atoms with Crippen molar-refractivity contribution >= 4 is 11.9 Å². The fourth-order valence-electron chi connectivity index (χ4n) is 3.32. The Morgan fingerprint density at radius 2 is 1.92 bits per heavy atom. The standard InChI is InChI=1S/C19H28N2O4/c1-4-9-19(10-5-2)17(23)21(18(24)20-19)12-15(22)13-25-16-8-6-7-14(3)11-16/h6-8,11,15,22H,4-5,9-10,12-13H2,1-3H3,(H,20,24). The van der Waals surface area contributed by atoms with Crippen LogP contribution in [0.5, 0.6) is 5.75 Å². The van der Waals surface area contributed by atoms with Crippen LogP contribution in [0.15, 0.2) is 24.3 Å². The first-order chi connectivity index (χ1) is 11.9. The molecule has 138 valence electrons. The number of ether oxygens (including phenoxy) is 1. The van der Waals surface area contributed by atoms with Gasteiger partial charge in [0.05, 0.1) is 6.54 Å². The predicted molar refractivity (Wildman–Crippen MR) is 95.5 cm³/mol. The average Bonchev–Trinajstić information content (AvgIpc) is 2.78. The zero-order chi connectivity index (χ0) is 18.4. The van der Waals surface area contributed by atoms with Gasteiger partial charge in [0.15, 0.2) is 0 Å². The highest BCUT2D eigenvalue weighted by Gasteiger charge is 2.50. The number of hydrogen-bond acceptors (Lipinski definition) is 4. The van der Waals surface area contributed by atoms with E-state index in [4.69, 9.17) is 4.74 Å². The fourth-order valence-corrected chi connectivity index (χ4v) is 3.32. The highest BCUT2D eigenvalue weighted by molar-refractivity contribution is 6.07. The Labute approximate surface area is 149 Å². The van der Waals surface area contributed by atoms with Crippen molar-refractivity contribution in [2.24, 2.45) is 0 Å². The van der Waals surface area contributed by atoms with Gasteiger partial charge >= 0.3 is 6.03 Å². The number of rotatable bonds is 9. The Balaban J connectivity index is 1.96. The molecular weight excluding hydrogens is 320 g/mol. The highest BCUT2D eigenvalue weighted by atomic mass is 16.5. The van der Waals surface area contributed by atoms with Gasteiger partial charge in [0.2, 0.25) is 0 Å². The quantitative estimate of drug-likeness (QED) is 0.673. The molecule has 0 aromatic heterocycles. The maximum atomic E-state index is 12.8. The number of carbonyl (C=O) groups is 2. The summed E-state index contributed by atoms with van der Waals surface area (Å²) in [4.78, 5) is 26.1. The molecule has 0 aliphatic carbocycles. The van der Waals surface area contributed by atoms with Crippen molar-refractivity contribution < 1.29 is 19.4 Å². The maximum absolute atomic E-state index is 12.8. The number of hydrogen-bond donors (Lipinski definition) is 2. The van der Waals surface area contributed by atoms with E-state index in [0.29, 0.717) is 18.6 Å². The van der Waals surface area contributed by atoms with E-state index in [1.54, 1.807) is 6.07 Å². The fraction of sp³-hybridized carbons (Fsp3) is 0.579. The summed E-state index contributed by atoms with van der Waals surface area (Å²) in [7, 11) is 0. The number of nitrogens with zero attached hydrogens (tertiary/aromatic N) is 1. The zero-order valence-electron chi connectivity index (χ0n) is 15.2. The molecule has 1 atom stereocenters. The number of aryl methyl sites for hydroxylation is 1. The zero-order valence-corrected chi connectivity index (χ0v) is 15.2. The minimum atomic E-state index is -0.936. The molecule has 0 spiro atoms. The highest BCUT2D eigenvalue weighted by Crippen LogP contribution is 2.28. The van der Waals surface area contributed by atoms with E-state index in [9.17, 15) is 14.7 Å². The van der Waals surface area contributed by atoms with E-state index in [2.05, 4.69) is 5.32 Å². The normalized spacial score (nSPS) is 17.5. The molecule has 6 nitrogen and oxygen atoms in total. The molecule has 1 aliphatic rings. The predicted octanol–water partition coefficient (Wildman–Crippen LogP) is 2.63. The summed E-state index contributed by atoms with van der Waals surface area (Å²) < 4.78 is 5.56. The number of aliphatic hydroxyl groups excluding tert-OH is 1. The summed E-state index contributed by atoms with van der Waals surface area (Å²) in [5.41, 5.74) is 0.238. The van der Waals surface area contributed by atoms with Crippen molar-refractivity contribution in [3.05, 3.63) is 29.8 Å². The summed E-state index contributed by atoms with van der Waals surface area (Å²) in [5, 5.41) is 13.0. The lowest BCUT2D eigenvalue weighted by Gasteiger charge is -2.26. The van der Waals surface area contributed by atoms with Gasteiger partial charge in [-0.1, -0.05) is 38.8 Å². The van der Waals surface area contributed by atoms with Gasteiger partial charge in [-0.25, -0.2) is 4.79 Å². The lowest BCUT2D eigenvalue weighted by atomic mass is 9.88. The van der Waals surface area contributed by atoms with Gasteiger partial charge in [0, 0.05) is 0 Å². The Kier molecular flexibility index (Phi) is 6.42. The third-order valence-electron chi connectivity index (χ3n) is 4.42. The Morgan fingerprint density at radius 1 is 1.24 bits per heavy atom. The van der Waals surface area contributed by atoms with Crippen molar-refractivity contribution in [2.75, 3.05) is 13.2 Å². The van der Waals surface area contributed by atoms with Gasteiger partial charge in [-0.05, 0) is 37.5 Å². The van der Waals surface area contributed by atoms with Crippen LogP contribution in [-0.2, 0) is 4.79 Å². The molecule has 0 radical (unpaired) electrons. The van der Waals surface area contributed by atoms with Crippen LogP contribution in [0.1, 0.15) is 45.1 Å². The van der Waals surface area contributed by atoms with Gasteiger partial charge < -0.3 is 15.2 Å². The number of β-amino-alcohol motifs (C(OH)–C–C–N with tert-alkyl or cyclic N) is 1. The Hall–Kier alpha value is -2.08. The second-order valence-electron chi connectivity index (χ2n) is 6.71. The van der Waals surface area contributed by atoms with Crippen LogP contribution >= 0.6 is 0 Å². The van der Waals surface area contributed by atoms with Crippen molar-refractivity contribution in [2.45, 2.75) is 58.1 Å². The van der Waals surface area contributed by atoms with Crippen LogP contribution in [0.2, 0.25) is 0 Å². The molecule has 25 heavy (non-hydrogen) atoms. The number of amides is 3. The van der Waals surface area contributed by atoms with Gasteiger partial charge in [-0.3, -0.25) is 9.69 Å². The number of aliphatic hydroxyl groups is 1. The minimum absolute atomic E-state index is 0.0229. The van der Waals surface area contributed by atoms with Gasteiger partial charge in [-0.2, -0.15) is 0 Å². The van der Waals surface area contributed by atoms with Crippen LogP contribution in [0.4, 0.5) is 4.79 Å². The van der Waals surface area contributed by atoms with E-state index in [0.717, 1.165) is 23.3 Å². The molecule has 3 amide bonds. The molecule has 2 rings (SSSR count). The summed E-state index contributed by atoms with van der Waals surface area (Å²) >= 11 is 0. The van der Waals surface area contributed by atoms with Crippen LogP contribution in [-0.4, -0.2) is 46.7 Å². The van der Waals surface area contributed by atoms with Crippen LogP contribution in [0.3, 0.4) is 0 Å². The molecule has 1 unspecified atom stereocenters. The topological polar surface area (TPSA) is 78.9 Å². The number of nitrogens with one attached hydrogen (secondary N) is 1. The number of urea groups is 1. The molecule has 1 aromatic carbocycles. The van der Waals surface area contributed by atoms with Crippen LogP contribution in [0.25, 0.3) is 0 Å². The summed E-state index contributed by atoms with van der Waals surface area (Å²) in [6, 6.07) is 7.08.